The number of aromatic amines is 1. The second-order valence-corrected chi connectivity index (χ2v) is 2.06. The normalized spacial score (nSPS) is 8.91. The zero-order chi connectivity index (χ0) is 8.10. The minimum atomic E-state index is 0. The van der Waals surface area contributed by atoms with E-state index in [1.165, 1.54) is 10.9 Å². The number of aromatic nitrogens is 1. The number of H-pyrrole nitrogens is 1. The van der Waals surface area contributed by atoms with Gasteiger partial charge in [0.25, 0.3) is 0 Å². The first-order valence-electron chi connectivity index (χ1n) is 3.44. The molecule has 2 aromatic rings. The fourth-order valence-electron chi connectivity index (χ4n) is 0.995. The second kappa shape index (κ2) is 3.78. The van der Waals surface area contributed by atoms with Crippen LogP contribution in [0.15, 0.2) is 36.5 Å². The van der Waals surface area contributed by atoms with E-state index in [-0.39, 0.29) is 1.43 Å². The number of hydrogen-bond donors (Lipinski definition) is 2. The minimum absolute atomic E-state index is 0. The average molecular weight is 151 g/mol. The number of para-hydroxylation sites is 1. The Hall–Kier alpha value is -1.28. The van der Waals surface area contributed by atoms with Gasteiger partial charge in [-0.05, 0) is 17.5 Å². The number of nitrogens with one attached hydrogen (secondary N) is 1. The highest BCUT2D eigenvalue weighted by atomic mass is 16.2. The lowest BCUT2D eigenvalue weighted by Gasteiger charge is -1.83. The smallest absolute Gasteiger partial charge is 0.0453 e. The van der Waals surface area contributed by atoms with Crippen molar-refractivity contribution in [3.05, 3.63) is 36.5 Å². The molecular weight excluding hydrogens is 138 g/mol. The average Bonchev–Trinajstić information content (AvgIpc) is 2.55. The quantitative estimate of drug-likeness (QED) is 0.593. The molecule has 2 heteroatoms. The van der Waals surface area contributed by atoms with Gasteiger partial charge in [-0.2, -0.15) is 0 Å². The van der Waals surface area contributed by atoms with E-state index < -0.39 is 0 Å². The molecule has 0 saturated heterocycles. The van der Waals surface area contributed by atoms with Gasteiger partial charge in [0.05, 0.1) is 0 Å². The van der Waals surface area contributed by atoms with Crippen LogP contribution in [0, 0.1) is 0 Å². The van der Waals surface area contributed by atoms with Crippen LogP contribution in [0.4, 0.5) is 0 Å². The van der Waals surface area contributed by atoms with Crippen molar-refractivity contribution in [1.82, 2.24) is 4.98 Å². The van der Waals surface area contributed by atoms with E-state index in [2.05, 4.69) is 23.2 Å². The molecule has 0 fully saturated rings. The molecule has 2 N–H and O–H groups in total. The van der Waals surface area contributed by atoms with Crippen molar-refractivity contribution in [3.63, 3.8) is 0 Å². The molecule has 0 radical (unpaired) electrons. The maximum atomic E-state index is 7.00. The van der Waals surface area contributed by atoms with Crippen LogP contribution in [0.5, 0.6) is 0 Å². The topological polar surface area (TPSA) is 36.0 Å². The molecule has 0 unspecified atom stereocenters. The number of benzene rings is 1. The fourth-order valence-corrected chi connectivity index (χ4v) is 0.995. The van der Waals surface area contributed by atoms with Crippen LogP contribution in [0.1, 0.15) is 1.43 Å². The molecule has 1 heterocycles. The van der Waals surface area contributed by atoms with Gasteiger partial charge in [-0.15, -0.1) is 0 Å². The van der Waals surface area contributed by atoms with Crippen LogP contribution < -0.4 is 0 Å². The fraction of sp³-hybridized carbons (Fsp3) is 0.111. The third-order valence-electron chi connectivity index (χ3n) is 1.46. The lowest BCUT2D eigenvalue weighted by atomic mass is 10.3. The van der Waals surface area contributed by atoms with Gasteiger partial charge in [-0.3, -0.25) is 0 Å². The predicted octanol–water partition coefficient (Wildman–Crippen LogP) is 2.02. The summed E-state index contributed by atoms with van der Waals surface area (Å²) in [6.45, 7) is 0. The van der Waals surface area contributed by atoms with Gasteiger partial charge >= 0.3 is 0 Å². The SMILES string of the molecule is CO.[HH].c1ccc2[nH]ccc2c1. The third-order valence-corrected chi connectivity index (χ3v) is 1.46. The molecule has 60 valence electrons. The summed E-state index contributed by atoms with van der Waals surface area (Å²) >= 11 is 0. The van der Waals surface area contributed by atoms with Gasteiger partial charge in [0.1, 0.15) is 0 Å². The summed E-state index contributed by atoms with van der Waals surface area (Å²) in [7, 11) is 1.00. The Balaban J connectivity index is 0.000000378. The van der Waals surface area contributed by atoms with E-state index in [1.807, 2.05) is 18.3 Å². The monoisotopic (exact) mass is 151 g/mol. The van der Waals surface area contributed by atoms with Crippen LogP contribution in [0.2, 0.25) is 0 Å². The Kier molecular flexibility index (Phi) is 2.69. The number of hydrogen-bond acceptors (Lipinski definition) is 1. The zero-order valence-electron chi connectivity index (χ0n) is 6.41. The van der Waals surface area contributed by atoms with Crippen LogP contribution in [0.25, 0.3) is 10.9 Å². The summed E-state index contributed by atoms with van der Waals surface area (Å²) in [4.78, 5) is 3.12. The Labute approximate surface area is 67.0 Å². The van der Waals surface area contributed by atoms with Gasteiger partial charge in [0.15, 0.2) is 0 Å². The van der Waals surface area contributed by atoms with Crippen molar-refractivity contribution >= 4 is 10.9 Å². The van der Waals surface area contributed by atoms with Crippen molar-refractivity contribution in [2.45, 2.75) is 0 Å². The molecule has 1 aromatic heterocycles. The highest BCUT2D eigenvalue weighted by Crippen LogP contribution is 2.09. The minimum Gasteiger partial charge on any atom is -0.400 e. The van der Waals surface area contributed by atoms with E-state index in [4.69, 9.17) is 5.11 Å². The van der Waals surface area contributed by atoms with Gasteiger partial charge in [0, 0.05) is 20.2 Å². The van der Waals surface area contributed by atoms with Crippen molar-refractivity contribution in [2.24, 2.45) is 0 Å². The van der Waals surface area contributed by atoms with E-state index in [0.29, 0.717) is 0 Å². The summed E-state index contributed by atoms with van der Waals surface area (Å²) in [5.74, 6) is 0. The molecule has 11 heavy (non-hydrogen) atoms. The van der Waals surface area contributed by atoms with Crippen LogP contribution in [-0.4, -0.2) is 17.2 Å². The summed E-state index contributed by atoms with van der Waals surface area (Å²) in [5, 5.41) is 8.28. The summed E-state index contributed by atoms with van der Waals surface area (Å²) < 4.78 is 0. The second-order valence-electron chi connectivity index (χ2n) is 2.06. The lowest BCUT2D eigenvalue weighted by molar-refractivity contribution is 0.399. The summed E-state index contributed by atoms with van der Waals surface area (Å²) in [6, 6.07) is 10.3. The maximum absolute atomic E-state index is 7.00. The molecule has 0 spiro atoms. The molecule has 0 aliphatic rings. The molecule has 0 bridgehead atoms. The Bertz CT molecular complexity index is 289. The molecule has 2 nitrogen and oxygen atoms in total. The van der Waals surface area contributed by atoms with E-state index in [0.717, 1.165) is 7.11 Å². The molecule has 0 aliphatic carbocycles. The van der Waals surface area contributed by atoms with Gasteiger partial charge in [0.2, 0.25) is 0 Å². The van der Waals surface area contributed by atoms with E-state index >= 15 is 0 Å². The molecule has 0 saturated carbocycles. The van der Waals surface area contributed by atoms with Crippen molar-refractivity contribution in [3.8, 4) is 0 Å². The van der Waals surface area contributed by atoms with Gasteiger partial charge in [-0.1, -0.05) is 18.2 Å². The number of fused-ring (bicyclic) bond motifs is 1. The molecule has 1 aromatic carbocycles. The van der Waals surface area contributed by atoms with Crippen molar-refractivity contribution in [2.75, 3.05) is 7.11 Å². The Morgan fingerprint density at radius 1 is 1.18 bits per heavy atom. The first kappa shape index (κ1) is 7.82. The van der Waals surface area contributed by atoms with Crippen molar-refractivity contribution in [1.29, 1.82) is 0 Å². The van der Waals surface area contributed by atoms with E-state index in [1.54, 1.807) is 0 Å². The third kappa shape index (κ3) is 1.59. The largest absolute Gasteiger partial charge is 0.400 e. The van der Waals surface area contributed by atoms with Gasteiger partial charge in [-0.25, -0.2) is 0 Å². The maximum Gasteiger partial charge on any atom is 0.0453 e. The highest BCUT2D eigenvalue weighted by Gasteiger charge is 1.86. The zero-order valence-corrected chi connectivity index (χ0v) is 6.41. The highest BCUT2D eigenvalue weighted by molar-refractivity contribution is 5.78. The molecule has 0 atom stereocenters. The number of aliphatic hydroxyl groups is 1. The van der Waals surface area contributed by atoms with Crippen LogP contribution in [0.3, 0.4) is 0 Å². The number of rotatable bonds is 0. The van der Waals surface area contributed by atoms with Crippen molar-refractivity contribution < 1.29 is 6.53 Å². The van der Waals surface area contributed by atoms with Crippen LogP contribution in [-0.2, 0) is 0 Å². The van der Waals surface area contributed by atoms with Crippen LogP contribution >= 0.6 is 0 Å². The standard InChI is InChI=1S/C8H7N.CH4O.H2/c1-2-4-8-7(3-1)5-6-9-8;1-2;/h1-6,9H;2H,1H3;1H. The lowest BCUT2D eigenvalue weighted by Crippen LogP contribution is -1.61. The van der Waals surface area contributed by atoms with E-state index in [9.17, 15) is 0 Å². The first-order chi connectivity index (χ1) is 5.47. The molecule has 2 rings (SSSR count). The summed E-state index contributed by atoms with van der Waals surface area (Å²) in [6.07, 6.45) is 1.95. The Morgan fingerprint density at radius 3 is 2.64 bits per heavy atom. The molecule has 0 aliphatic heterocycles. The summed E-state index contributed by atoms with van der Waals surface area (Å²) in [5.41, 5.74) is 1.21. The predicted molar refractivity (Wildman–Crippen MR) is 48.6 cm³/mol. The number of aliphatic hydroxyl groups excluding tert-OH is 1. The molecular formula is C9H13NO. The first-order valence-corrected chi connectivity index (χ1v) is 3.44. The Morgan fingerprint density at radius 2 is 1.91 bits per heavy atom. The molecule has 0 amide bonds. The van der Waals surface area contributed by atoms with Gasteiger partial charge < -0.3 is 10.1 Å².